The van der Waals surface area contributed by atoms with Gasteiger partial charge in [-0.05, 0) is 49.2 Å². The number of benzene rings is 1. The van der Waals surface area contributed by atoms with Crippen molar-refractivity contribution in [3.63, 3.8) is 0 Å². The highest BCUT2D eigenvalue weighted by Crippen LogP contribution is 2.26. The Kier molecular flexibility index (Phi) is 6.04. The first-order valence-electron chi connectivity index (χ1n) is 9.50. The van der Waals surface area contributed by atoms with E-state index in [2.05, 4.69) is 20.4 Å². The van der Waals surface area contributed by atoms with Gasteiger partial charge in [-0.1, -0.05) is 11.8 Å². The number of methoxy groups -OCH3 is 1. The van der Waals surface area contributed by atoms with Gasteiger partial charge in [-0.3, -0.25) is 9.36 Å². The molecule has 0 saturated carbocycles. The summed E-state index contributed by atoms with van der Waals surface area (Å²) in [6.07, 6.45) is 3.96. The van der Waals surface area contributed by atoms with Gasteiger partial charge in [0.15, 0.2) is 5.16 Å². The second-order valence-electron chi connectivity index (χ2n) is 6.71. The van der Waals surface area contributed by atoms with Crippen LogP contribution in [0.3, 0.4) is 0 Å². The standard InChI is InChI=1S/C20H23N5O3S/c1-27-16-8-6-15(7-9-16)21-18(26)14-29-20-23-22-19(24-10-2-3-11-24)25(20)13-17-5-4-12-28-17/h4-9,12H,2-3,10-11,13-14H2,1H3,(H,21,26). The molecular weight excluding hydrogens is 390 g/mol. The quantitative estimate of drug-likeness (QED) is 0.567. The van der Waals surface area contributed by atoms with Gasteiger partial charge in [0.25, 0.3) is 0 Å². The van der Waals surface area contributed by atoms with E-state index in [9.17, 15) is 4.79 Å². The molecule has 1 saturated heterocycles. The second-order valence-corrected chi connectivity index (χ2v) is 7.65. The van der Waals surface area contributed by atoms with E-state index in [-0.39, 0.29) is 11.7 Å². The average molecular weight is 414 g/mol. The molecule has 2 aromatic heterocycles. The summed E-state index contributed by atoms with van der Waals surface area (Å²) in [5.74, 6) is 2.54. The van der Waals surface area contributed by atoms with Crippen LogP contribution < -0.4 is 15.0 Å². The van der Waals surface area contributed by atoms with Gasteiger partial charge in [-0.25, -0.2) is 0 Å². The van der Waals surface area contributed by atoms with E-state index in [4.69, 9.17) is 9.15 Å². The molecule has 0 aliphatic carbocycles. The van der Waals surface area contributed by atoms with Crippen molar-refractivity contribution < 1.29 is 13.9 Å². The van der Waals surface area contributed by atoms with Crippen molar-refractivity contribution in [2.24, 2.45) is 0 Å². The normalized spacial score (nSPS) is 13.6. The Hall–Kier alpha value is -2.94. The third-order valence-electron chi connectivity index (χ3n) is 4.69. The molecule has 0 spiro atoms. The number of nitrogens with zero attached hydrogens (tertiary/aromatic N) is 4. The van der Waals surface area contributed by atoms with Crippen LogP contribution in [0, 0.1) is 0 Å². The molecule has 0 radical (unpaired) electrons. The Labute approximate surface area is 173 Å². The van der Waals surface area contributed by atoms with Crippen LogP contribution in [0.15, 0.2) is 52.2 Å². The summed E-state index contributed by atoms with van der Waals surface area (Å²) in [4.78, 5) is 14.6. The van der Waals surface area contributed by atoms with E-state index in [0.29, 0.717) is 11.7 Å². The first kappa shape index (κ1) is 19.4. The van der Waals surface area contributed by atoms with Crippen molar-refractivity contribution in [2.75, 3.05) is 36.2 Å². The molecule has 1 aliphatic rings. The second kappa shape index (κ2) is 9.04. The van der Waals surface area contributed by atoms with Crippen LogP contribution in [0.2, 0.25) is 0 Å². The van der Waals surface area contributed by atoms with Crippen molar-refractivity contribution in [1.29, 1.82) is 0 Å². The average Bonchev–Trinajstić information content (AvgIpc) is 3.50. The van der Waals surface area contributed by atoms with Gasteiger partial charge in [0.2, 0.25) is 11.9 Å². The number of hydrogen-bond acceptors (Lipinski definition) is 7. The highest BCUT2D eigenvalue weighted by Gasteiger charge is 2.22. The van der Waals surface area contributed by atoms with E-state index in [1.165, 1.54) is 11.8 Å². The number of aromatic nitrogens is 3. The molecule has 1 N–H and O–H groups in total. The van der Waals surface area contributed by atoms with E-state index in [1.807, 2.05) is 41.0 Å². The first-order valence-corrected chi connectivity index (χ1v) is 10.5. The molecule has 3 heterocycles. The molecular formula is C20H23N5O3S. The largest absolute Gasteiger partial charge is 0.497 e. The van der Waals surface area contributed by atoms with Gasteiger partial charge in [0.1, 0.15) is 11.5 Å². The SMILES string of the molecule is COc1ccc(NC(=O)CSc2nnc(N3CCCC3)n2Cc2ccco2)cc1. The lowest BCUT2D eigenvalue weighted by atomic mass is 10.3. The van der Waals surface area contributed by atoms with Gasteiger partial charge in [-0.15, -0.1) is 10.2 Å². The Morgan fingerprint density at radius 2 is 2.00 bits per heavy atom. The lowest BCUT2D eigenvalue weighted by molar-refractivity contribution is -0.113. The number of nitrogens with one attached hydrogen (secondary N) is 1. The zero-order valence-corrected chi connectivity index (χ0v) is 17.0. The number of carbonyl (C=O) groups is 1. The van der Waals surface area contributed by atoms with E-state index in [1.54, 1.807) is 13.4 Å². The molecule has 4 rings (SSSR count). The fourth-order valence-electron chi connectivity index (χ4n) is 3.24. The zero-order chi connectivity index (χ0) is 20.1. The number of furan rings is 1. The van der Waals surface area contributed by atoms with Crippen LogP contribution in [-0.4, -0.2) is 46.6 Å². The Balaban J connectivity index is 1.43. The summed E-state index contributed by atoms with van der Waals surface area (Å²) in [7, 11) is 1.61. The van der Waals surface area contributed by atoms with Gasteiger partial charge >= 0.3 is 0 Å². The summed E-state index contributed by atoms with van der Waals surface area (Å²) in [6, 6.07) is 11.0. The van der Waals surface area contributed by atoms with Gasteiger partial charge in [0.05, 0.1) is 25.7 Å². The molecule has 1 fully saturated rings. The van der Waals surface area contributed by atoms with Gasteiger partial charge < -0.3 is 19.4 Å². The lowest BCUT2D eigenvalue weighted by Crippen LogP contribution is -2.22. The van der Waals surface area contributed by atoms with Crippen LogP contribution in [0.1, 0.15) is 18.6 Å². The number of anilines is 2. The van der Waals surface area contributed by atoms with Crippen LogP contribution in [0.25, 0.3) is 0 Å². The smallest absolute Gasteiger partial charge is 0.234 e. The molecule has 1 amide bonds. The number of amides is 1. The molecule has 152 valence electrons. The minimum Gasteiger partial charge on any atom is -0.497 e. The van der Waals surface area contributed by atoms with E-state index >= 15 is 0 Å². The predicted molar refractivity (Wildman–Crippen MR) is 112 cm³/mol. The van der Waals surface area contributed by atoms with Crippen molar-refractivity contribution in [3.8, 4) is 5.75 Å². The van der Waals surface area contributed by atoms with Crippen LogP contribution >= 0.6 is 11.8 Å². The summed E-state index contributed by atoms with van der Waals surface area (Å²) in [5, 5.41) is 12.3. The van der Waals surface area contributed by atoms with Crippen molar-refractivity contribution in [1.82, 2.24) is 14.8 Å². The van der Waals surface area contributed by atoms with Gasteiger partial charge in [-0.2, -0.15) is 0 Å². The maximum Gasteiger partial charge on any atom is 0.234 e. The summed E-state index contributed by atoms with van der Waals surface area (Å²) < 4.78 is 12.7. The third kappa shape index (κ3) is 4.73. The highest BCUT2D eigenvalue weighted by atomic mass is 32.2. The number of ether oxygens (including phenoxy) is 1. The molecule has 1 aliphatic heterocycles. The summed E-state index contributed by atoms with van der Waals surface area (Å²) in [5.41, 5.74) is 0.728. The fraction of sp³-hybridized carbons (Fsp3) is 0.350. The number of rotatable bonds is 8. The zero-order valence-electron chi connectivity index (χ0n) is 16.2. The van der Waals surface area contributed by atoms with E-state index in [0.717, 1.165) is 49.1 Å². The Morgan fingerprint density at radius 3 is 2.69 bits per heavy atom. The van der Waals surface area contributed by atoms with Crippen LogP contribution in [0.5, 0.6) is 5.75 Å². The summed E-state index contributed by atoms with van der Waals surface area (Å²) >= 11 is 1.37. The minimum atomic E-state index is -0.101. The molecule has 0 unspecified atom stereocenters. The highest BCUT2D eigenvalue weighted by molar-refractivity contribution is 7.99. The van der Waals surface area contributed by atoms with Crippen molar-refractivity contribution in [3.05, 3.63) is 48.4 Å². The van der Waals surface area contributed by atoms with Crippen molar-refractivity contribution >= 4 is 29.3 Å². The third-order valence-corrected chi connectivity index (χ3v) is 5.65. The fourth-order valence-corrected chi connectivity index (χ4v) is 3.97. The molecule has 9 heteroatoms. The van der Waals surface area contributed by atoms with Gasteiger partial charge in [0, 0.05) is 18.8 Å². The minimum absolute atomic E-state index is 0.101. The molecule has 8 nitrogen and oxygen atoms in total. The maximum atomic E-state index is 12.4. The van der Waals surface area contributed by atoms with Crippen molar-refractivity contribution in [2.45, 2.75) is 24.5 Å². The maximum absolute atomic E-state index is 12.4. The summed E-state index contributed by atoms with van der Waals surface area (Å²) in [6.45, 7) is 2.48. The predicted octanol–water partition coefficient (Wildman–Crippen LogP) is 3.26. The molecule has 0 bridgehead atoms. The monoisotopic (exact) mass is 413 g/mol. The number of hydrogen-bond donors (Lipinski definition) is 1. The Bertz CT molecular complexity index is 934. The van der Waals surface area contributed by atoms with Crippen LogP contribution in [-0.2, 0) is 11.3 Å². The first-order chi connectivity index (χ1) is 14.2. The molecule has 1 aromatic carbocycles. The molecule has 29 heavy (non-hydrogen) atoms. The van der Waals surface area contributed by atoms with Crippen LogP contribution in [0.4, 0.5) is 11.6 Å². The molecule has 0 atom stereocenters. The number of carbonyl (C=O) groups excluding carboxylic acids is 1. The number of thioether (sulfide) groups is 1. The molecule has 3 aromatic rings. The Morgan fingerprint density at radius 1 is 1.21 bits per heavy atom. The van der Waals surface area contributed by atoms with E-state index < -0.39 is 0 Å². The lowest BCUT2D eigenvalue weighted by Gasteiger charge is -2.17. The topological polar surface area (TPSA) is 85.4 Å².